The van der Waals surface area contributed by atoms with Crippen molar-refractivity contribution >= 4 is 23.4 Å². The monoisotopic (exact) mass is 394 g/mol. The van der Waals surface area contributed by atoms with Gasteiger partial charge in [0.25, 0.3) is 5.91 Å². The first kappa shape index (κ1) is 20.2. The Labute approximate surface area is 168 Å². The minimum absolute atomic E-state index is 0.138. The summed E-state index contributed by atoms with van der Waals surface area (Å²) in [6.07, 6.45) is 5.55. The van der Waals surface area contributed by atoms with Crippen LogP contribution in [-0.4, -0.2) is 27.4 Å². The van der Waals surface area contributed by atoms with Crippen molar-refractivity contribution in [3.8, 4) is 0 Å². The van der Waals surface area contributed by atoms with E-state index in [9.17, 15) is 9.18 Å². The molecule has 0 saturated heterocycles. The molecule has 3 aromatic rings. The normalized spacial score (nSPS) is 11.6. The minimum atomic E-state index is -0.288. The molecule has 0 aliphatic heterocycles. The van der Waals surface area contributed by atoms with Crippen LogP contribution in [0.3, 0.4) is 0 Å². The third-order valence-corrected chi connectivity index (χ3v) is 4.18. The second kappa shape index (κ2) is 9.59. The number of rotatable bonds is 8. The number of pyridine rings is 1. The fraction of sp³-hybridized carbons (Fsp3) is 0.238. The van der Waals surface area contributed by atoms with Crippen molar-refractivity contribution in [2.24, 2.45) is 0 Å². The number of carbonyl (C=O) groups excluding carboxylic acids is 1. The topological polar surface area (TPSA) is 91.8 Å². The number of hydrogen-bond acceptors (Lipinski definition) is 6. The molecule has 0 fully saturated rings. The Hall–Kier alpha value is -3.55. The first-order valence-corrected chi connectivity index (χ1v) is 9.40. The summed E-state index contributed by atoms with van der Waals surface area (Å²) in [5.41, 5.74) is 1.37. The fourth-order valence-corrected chi connectivity index (χ4v) is 2.69. The summed E-state index contributed by atoms with van der Waals surface area (Å²) in [7, 11) is 0. The molecule has 1 amide bonds. The number of nitrogens with one attached hydrogen (secondary N) is 3. The number of amides is 1. The van der Waals surface area contributed by atoms with E-state index < -0.39 is 0 Å². The van der Waals surface area contributed by atoms with Gasteiger partial charge in [0.1, 0.15) is 23.3 Å². The standard InChI is InChI=1S/C21H23FN6O/c1-3-8-25-21(29)16-11-18(26-14(2)15-4-6-17(22)7-5-15)27-19(12-16)28-20-13-23-9-10-24-20/h4-7,9-14H,3,8H2,1-2H3,(H,25,29)(H2,24,26,27,28)/t14-/m0/s1. The third-order valence-electron chi connectivity index (χ3n) is 4.18. The molecule has 3 rings (SSSR count). The van der Waals surface area contributed by atoms with Gasteiger partial charge in [0.05, 0.1) is 6.20 Å². The summed E-state index contributed by atoms with van der Waals surface area (Å²) in [6.45, 7) is 4.52. The Bertz CT molecular complexity index is 949. The lowest BCUT2D eigenvalue weighted by Gasteiger charge is -2.17. The highest BCUT2D eigenvalue weighted by atomic mass is 19.1. The van der Waals surface area contributed by atoms with Crippen LogP contribution in [0, 0.1) is 5.82 Å². The molecule has 0 aliphatic carbocycles. The van der Waals surface area contributed by atoms with E-state index in [4.69, 9.17) is 0 Å². The van der Waals surface area contributed by atoms with E-state index in [2.05, 4.69) is 30.9 Å². The highest BCUT2D eigenvalue weighted by Gasteiger charge is 2.13. The molecule has 8 heteroatoms. The molecule has 0 unspecified atom stereocenters. The van der Waals surface area contributed by atoms with Gasteiger partial charge in [-0.25, -0.2) is 14.4 Å². The zero-order valence-electron chi connectivity index (χ0n) is 16.3. The zero-order chi connectivity index (χ0) is 20.6. The predicted molar refractivity (Wildman–Crippen MR) is 111 cm³/mol. The molecular formula is C21H23FN6O. The highest BCUT2D eigenvalue weighted by molar-refractivity contribution is 5.95. The summed E-state index contributed by atoms with van der Waals surface area (Å²) >= 11 is 0. The quantitative estimate of drug-likeness (QED) is 0.533. The van der Waals surface area contributed by atoms with Crippen molar-refractivity contribution in [3.05, 3.63) is 71.9 Å². The van der Waals surface area contributed by atoms with E-state index in [1.807, 2.05) is 13.8 Å². The van der Waals surface area contributed by atoms with Gasteiger partial charge >= 0.3 is 0 Å². The maximum atomic E-state index is 13.2. The van der Waals surface area contributed by atoms with Gasteiger partial charge in [0.15, 0.2) is 0 Å². The van der Waals surface area contributed by atoms with Crippen LogP contribution in [0.2, 0.25) is 0 Å². The average molecular weight is 394 g/mol. The second-order valence-electron chi connectivity index (χ2n) is 6.52. The Balaban J connectivity index is 1.86. The molecule has 0 spiro atoms. The van der Waals surface area contributed by atoms with Gasteiger partial charge in [-0.2, -0.15) is 0 Å². The molecule has 1 atom stereocenters. The van der Waals surface area contributed by atoms with Crippen molar-refractivity contribution < 1.29 is 9.18 Å². The summed E-state index contributed by atoms with van der Waals surface area (Å²) < 4.78 is 13.2. The molecule has 3 N–H and O–H groups in total. The van der Waals surface area contributed by atoms with Gasteiger partial charge in [0, 0.05) is 30.5 Å². The van der Waals surface area contributed by atoms with Crippen molar-refractivity contribution in [2.45, 2.75) is 26.3 Å². The van der Waals surface area contributed by atoms with Crippen LogP contribution in [0.4, 0.5) is 21.8 Å². The van der Waals surface area contributed by atoms with Gasteiger partial charge < -0.3 is 16.0 Å². The number of anilines is 3. The van der Waals surface area contributed by atoms with Crippen molar-refractivity contribution in [1.82, 2.24) is 20.3 Å². The SMILES string of the molecule is CCCNC(=O)c1cc(Nc2cnccn2)nc(N[C@@H](C)c2ccc(F)cc2)c1. The Morgan fingerprint density at radius 3 is 2.55 bits per heavy atom. The Kier molecular flexibility index (Phi) is 6.67. The minimum Gasteiger partial charge on any atom is -0.363 e. The van der Waals surface area contributed by atoms with E-state index in [1.165, 1.54) is 12.1 Å². The lowest BCUT2D eigenvalue weighted by Crippen LogP contribution is -2.24. The highest BCUT2D eigenvalue weighted by Crippen LogP contribution is 2.22. The maximum Gasteiger partial charge on any atom is 0.251 e. The molecule has 0 bridgehead atoms. The lowest BCUT2D eigenvalue weighted by atomic mass is 10.1. The van der Waals surface area contributed by atoms with Crippen LogP contribution in [-0.2, 0) is 0 Å². The molecule has 0 radical (unpaired) electrons. The van der Waals surface area contributed by atoms with Crippen molar-refractivity contribution in [2.75, 3.05) is 17.2 Å². The Morgan fingerprint density at radius 1 is 1.10 bits per heavy atom. The second-order valence-corrected chi connectivity index (χ2v) is 6.52. The van der Waals surface area contributed by atoms with E-state index in [-0.39, 0.29) is 17.8 Å². The van der Waals surface area contributed by atoms with E-state index in [0.717, 1.165) is 12.0 Å². The average Bonchev–Trinajstić information content (AvgIpc) is 2.73. The Morgan fingerprint density at radius 2 is 1.86 bits per heavy atom. The molecule has 2 heterocycles. The first-order chi connectivity index (χ1) is 14.0. The number of benzene rings is 1. The van der Waals surface area contributed by atoms with Crippen LogP contribution in [0.5, 0.6) is 0 Å². The zero-order valence-corrected chi connectivity index (χ0v) is 16.3. The largest absolute Gasteiger partial charge is 0.363 e. The van der Waals surface area contributed by atoms with Gasteiger partial charge in [-0.05, 0) is 43.2 Å². The molecule has 7 nitrogen and oxygen atoms in total. The van der Waals surface area contributed by atoms with E-state index in [1.54, 1.807) is 42.9 Å². The van der Waals surface area contributed by atoms with Crippen LogP contribution >= 0.6 is 0 Å². The summed E-state index contributed by atoms with van der Waals surface area (Å²) in [5.74, 6) is 1.02. The first-order valence-electron chi connectivity index (χ1n) is 9.40. The van der Waals surface area contributed by atoms with Gasteiger partial charge in [-0.3, -0.25) is 9.78 Å². The third kappa shape index (κ3) is 5.71. The van der Waals surface area contributed by atoms with Crippen LogP contribution in [0.15, 0.2) is 55.0 Å². The summed E-state index contributed by atoms with van der Waals surface area (Å²) in [4.78, 5) is 25.2. The van der Waals surface area contributed by atoms with Crippen LogP contribution < -0.4 is 16.0 Å². The molecule has 0 aliphatic rings. The number of nitrogens with zero attached hydrogens (tertiary/aromatic N) is 3. The lowest BCUT2D eigenvalue weighted by molar-refractivity contribution is 0.0953. The number of hydrogen-bond donors (Lipinski definition) is 3. The van der Waals surface area contributed by atoms with E-state index in [0.29, 0.717) is 29.6 Å². The summed E-state index contributed by atoms with van der Waals surface area (Å²) in [5, 5.41) is 9.19. The molecule has 0 saturated carbocycles. The van der Waals surface area contributed by atoms with Crippen molar-refractivity contribution in [1.29, 1.82) is 0 Å². The predicted octanol–water partition coefficient (Wildman–Crippen LogP) is 4.07. The molecular weight excluding hydrogens is 371 g/mol. The fourth-order valence-electron chi connectivity index (χ4n) is 2.69. The molecule has 29 heavy (non-hydrogen) atoms. The van der Waals surface area contributed by atoms with Gasteiger partial charge in [-0.15, -0.1) is 0 Å². The van der Waals surface area contributed by atoms with Gasteiger partial charge in [-0.1, -0.05) is 19.1 Å². The maximum absolute atomic E-state index is 13.2. The van der Waals surface area contributed by atoms with Crippen molar-refractivity contribution in [3.63, 3.8) is 0 Å². The van der Waals surface area contributed by atoms with E-state index >= 15 is 0 Å². The van der Waals surface area contributed by atoms with Crippen LogP contribution in [0.25, 0.3) is 0 Å². The molecule has 1 aromatic carbocycles. The summed E-state index contributed by atoms with van der Waals surface area (Å²) in [6, 6.07) is 9.46. The number of halogens is 1. The molecule has 150 valence electrons. The van der Waals surface area contributed by atoms with Crippen LogP contribution in [0.1, 0.15) is 42.2 Å². The molecule has 2 aromatic heterocycles. The smallest absolute Gasteiger partial charge is 0.251 e. The van der Waals surface area contributed by atoms with Gasteiger partial charge in [0.2, 0.25) is 0 Å². The number of aromatic nitrogens is 3. The number of carbonyl (C=O) groups is 1.